The third kappa shape index (κ3) is 7.05. The molecule has 0 atom stereocenters. The van der Waals surface area contributed by atoms with E-state index < -0.39 is 0 Å². The summed E-state index contributed by atoms with van der Waals surface area (Å²) < 4.78 is 9.20. The van der Waals surface area contributed by atoms with Gasteiger partial charge in [-0.15, -0.1) is 11.3 Å². The van der Waals surface area contributed by atoms with E-state index in [-0.39, 0.29) is 0 Å². The van der Waals surface area contributed by atoms with Gasteiger partial charge in [-0.3, -0.25) is 0 Å². The molecule has 0 radical (unpaired) electrons. The average molecular weight is 886 g/mol. The highest BCUT2D eigenvalue weighted by Crippen LogP contribution is 2.43. The zero-order valence-corrected chi connectivity index (χ0v) is 37.5. The van der Waals surface area contributed by atoms with Crippen LogP contribution in [0.5, 0.6) is 0 Å². The molecular weight excluding hydrogens is 847 g/mol. The minimum atomic E-state index is 0.577. The topological polar surface area (TPSA) is 51.8 Å². The molecule has 68 heavy (non-hydrogen) atoms. The van der Waals surface area contributed by atoms with Crippen molar-refractivity contribution in [2.45, 2.75) is 0 Å². The summed E-state index contributed by atoms with van der Waals surface area (Å²) in [4.78, 5) is 15.8. The maximum atomic E-state index is 6.57. The smallest absolute Gasteiger partial charge is 0.164 e. The lowest BCUT2D eigenvalue weighted by Crippen LogP contribution is -2.01. The largest absolute Gasteiger partial charge is 0.456 e. The first-order valence-corrected chi connectivity index (χ1v) is 23.6. The fraction of sp³-hybridized carbons (Fsp3) is 0. The number of nitrogens with zero attached hydrogens (tertiary/aromatic N) is 3. The van der Waals surface area contributed by atoms with E-state index >= 15 is 0 Å². The number of hydrogen-bond acceptors (Lipinski definition) is 5. The quantitative estimate of drug-likeness (QED) is 0.153. The van der Waals surface area contributed by atoms with Crippen LogP contribution in [0.2, 0.25) is 0 Å². The van der Waals surface area contributed by atoms with Gasteiger partial charge in [0.05, 0.1) is 0 Å². The summed E-state index contributed by atoms with van der Waals surface area (Å²) in [5.74, 6) is 1.76. The fourth-order valence-corrected chi connectivity index (χ4v) is 10.9. The van der Waals surface area contributed by atoms with Gasteiger partial charge in [0.2, 0.25) is 0 Å². The van der Waals surface area contributed by atoms with E-state index in [1.165, 1.54) is 31.3 Å². The maximum Gasteiger partial charge on any atom is 0.164 e. The Kier molecular flexibility index (Phi) is 9.66. The summed E-state index contributed by atoms with van der Waals surface area (Å²) in [7, 11) is 0. The third-order valence-electron chi connectivity index (χ3n) is 13.0. The van der Waals surface area contributed by atoms with Crippen LogP contribution in [0, 0.1) is 0 Å². The lowest BCUT2D eigenvalue weighted by Gasteiger charge is -2.15. The van der Waals surface area contributed by atoms with Gasteiger partial charge in [0.25, 0.3) is 0 Å². The number of aromatic nitrogens is 3. The molecule has 0 aliphatic heterocycles. The van der Waals surface area contributed by atoms with E-state index in [9.17, 15) is 0 Å². The van der Waals surface area contributed by atoms with Gasteiger partial charge in [0.15, 0.2) is 17.5 Å². The molecule has 0 spiro atoms. The Bertz CT molecular complexity index is 4010. The molecule has 3 heterocycles. The van der Waals surface area contributed by atoms with Crippen LogP contribution in [0.3, 0.4) is 0 Å². The second-order valence-electron chi connectivity index (χ2n) is 17.1. The predicted octanol–water partition coefficient (Wildman–Crippen LogP) is 17.5. The Morgan fingerprint density at radius 3 is 1.54 bits per heavy atom. The zero-order chi connectivity index (χ0) is 45.0. The van der Waals surface area contributed by atoms with Gasteiger partial charge >= 0.3 is 0 Å². The minimum Gasteiger partial charge on any atom is -0.456 e. The summed E-state index contributed by atoms with van der Waals surface area (Å²) in [5.41, 5.74) is 15.6. The van der Waals surface area contributed by atoms with Gasteiger partial charge in [0.1, 0.15) is 11.2 Å². The van der Waals surface area contributed by atoms with Crippen molar-refractivity contribution in [3.05, 3.63) is 237 Å². The molecule has 10 aromatic carbocycles. The molecule has 0 aliphatic rings. The van der Waals surface area contributed by atoms with Crippen molar-refractivity contribution in [1.82, 2.24) is 15.0 Å². The maximum absolute atomic E-state index is 6.57. The van der Waals surface area contributed by atoms with Crippen LogP contribution < -0.4 is 0 Å². The highest BCUT2D eigenvalue weighted by molar-refractivity contribution is 7.26. The Morgan fingerprint density at radius 2 is 0.794 bits per heavy atom. The molecule has 0 amide bonds. The summed E-state index contributed by atoms with van der Waals surface area (Å²) in [6, 6.07) is 83.5. The lowest BCUT2D eigenvalue weighted by atomic mass is 9.90. The molecule has 0 unspecified atom stereocenters. The average Bonchev–Trinajstić information content (AvgIpc) is 4.00. The van der Waals surface area contributed by atoms with Crippen molar-refractivity contribution in [3.63, 3.8) is 0 Å². The second-order valence-corrected chi connectivity index (χ2v) is 18.2. The molecule has 0 aliphatic carbocycles. The first-order chi connectivity index (χ1) is 33.7. The van der Waals surface area contributed by atoms with Gasteiger partial charge in [0, 0.05) is 47.6 Å². The normalized spacial score (nSPS) is 11.5. The van der Waals surface area contributed by atoms with E-state index in [0.717, 1.165) is 83.1 Å². The van der Waals surface area contributed by atoms with Crippen LogP contribution >= 0.6 is 11.3 Å². The molecule has 0 saturated carbocycles. The summed E-state index contributed by atoms with van der Waals surface area (Å²) >= 11 is 1.86. The Labute approximate surface area is 397 Å². The lowest BCUT2D eigenvalue weighted by molar-refractivity contribution is 0.669. The third-order valence-corrected chi connectivity index (χ3v) is 14.2. The summed E-state index contributed by atoms with van der Waals surface area (Å²) in [5, 5.41) is 4.59. The highest BCUT2D eigenvalue weighted by Gasteiger charge is 2.20. The summed E-state index contributed by atoms with van der Waals surface area (Å²) in [6.07, 6.45) is 0. The van der Waals surface area contributed by atoms with Gasteiger partial charge in [-0.2, -0.15) is 0 Å². The van der Waals surface area contributed by atoms with Crippen LogP contribution in [0.1, 0.15) is 0 Å². The monoisotopic (exact) mass is 885 g/mol. The number of furan rings is 1. The molecule has 3 aromatic heterocycles. The number of thiophene rings is 1. The Morgan fingerprint density at radius 1 is 0.279 bits per heavy atom. The Balaban J connectivity index is 0.957. The molecule has 4 nitrogen and oxygen atoms in total. The second kappa shape index (κ2) is 16.6. The standard InChI is InChI=1S/C63H39N3OS/c1-4-16-40(17-5-1)45-34-35-54-57(39-45)67-56-28-15-27-55(59(54)56)63-65-61(44-20-8-3-9-21-44)64-62(66-63)48-37-46(41-18-6-2-7-19-41)36-47(38-48)50-23-11-10-22-49(50)42-30-32-43(33-31-42)51-25-14-26-53-52-24-12-13-29-58(52)68-60(51)53/h1-39H. The molecule has 5 heteroatoms. The molecule has 0 fully saturated rings. The van der Waals surface area contributed by atoms with Crippen LogP contribution in [0.4, 0.5) is 0 Å². The molecule has 0 saturated heterocycles. The van der Waals surface area contributed by atoms with Gasteiger partial charge in [-0.05, 0) is 98.1 Å². The highest BCUT2D eigenvalue weighted by atomic mass is 32.1. The zero-order valence-electron chi connectivity index (χ0n) is 36.7. The van der Waals surface area contributed by atoms with Crippen LogP contribution in [-0.4, -0.2) is 15.0 Å². The van der Waals surface area contributed by atoms with Gasteiger partial charge < -0.3 is 4.42 Å². The number of benzene rings is 10. The van der Waals surface area contributed by atoms with Gasteiger partial charge in [-0.25, -0.2) is 15.0 Å². The number of rotatable bonds is 8. The van der Waals surface area contributed by atoms with Gasteiger partial charge in [-0.1, -0.05) is 194 Å². The van der Waals surface area contributed by atoms with Crippen LogP contribution in [0.25, 0.3) is 132 Å². The number of hydrogen-bond donors (Lipinski definition) is 0. The first kappa shape index (κ1) is 39.6. The van der Waals surface area contributed by atoms with Crippen LogP contribution in [0.15, 0.2) is 241 Å². The van der Waals surface area contributed by atoms with E-state index in [2.05, 4.69) is 200 Å². The Hall–Kier alpha value is -8.77. The fourth-order valence-electron chi connectivity index (χ4n) is 9.66. The van der Waals surface area contributed by atoms with Crippen LogP contribution in [-0.2, 0) is 0 Å². The van der Waals surface area contributed by atoms with E-state index in [4.69, 9.17) is 19.4 Å². The van der Waals surface area contributed by atoms with Crippen molar-refractivity contribution < 1.29 is 4.42 Å². The van der Waals surface area contributed by atoms with E-state index in [1.54, 1.807) is 0 Å². The summed E-state index contributed by atoms with van der Waals surface area (Å²) in [6.45, 7) is 0. The molecular formula is C63H39N3OS. The van der Waals surface area contributed by atoms with Crippen molar-refractivity contribution in [2.75, 3.05) is 0 Å². The molecule has 0 N–H and O–H groups in total. The first-order valence-electron chi connectivity index (χ1n) is 22.8. The molecule has 13 aromatic rings. The predicted molar refractivity (Wildman–Crippen MR) is 283 cm³/mol. The molecule has 0 bridgehead atoms. The minimum absolute atomic E-state index is 0.577. The van der Waals surface area contributed by atoms with Crippen molar-refractivity contribution in [3.8, 4) is 89.8 Å². The van der Waals surface area contributed by atoms with E-state index in [1.807, 2.05) is 47.7 Å². The van der Waals surface area contributed by atoms with Crippen molar-refractivity contribution in [2.24, 2.45) is 0 Å². The van der Waals surface area contributed by atoms with E-state index in [0.29, 0.717) is 17.5 Å². The van der Waals surface area contributed by atoms with Crippen molar-refractivity contribution >= 4 is 53.4 Å². The van der Waals surface area contributed by atoms with Crippen molar-refractivity contribution in [1.29, 1.82) is 0 Å². The molecule has 13 rings (SSSR count). The number of fused-ring (bicyclic) bond motifs is 6. The molecule has 318 valence electrons. The SMILES string of the molecule is c1ccc(-c2cc(-c3nc(-c4ccccc4)nc(-c4cccc5oc6cc(-c7ccccc7)ccc6c45)n3)cc(-c3ccccc3-c3ccc(-c4cccc5c4sc4ccccc45)cc3)c2)cc1.